The number of rotatable bonds is 4. The third kappa shape index (κ3) is 2.51. The standard InChI is InChI=1S/C13H18N4O/c1-9-15-11-6-5-10(8-12(11)16-9)17(2)13(18)4-3-7-14/h5-6,8H,3-4,7,14H2,1-2H3,(H,15,16). The molecule has 3 N–H and O–H groups in total. The summed E-state index contributed by atoms with van der Waals surface area (Å²) in [6, 6.07) is 5.76. The Balaban J connectivity index is 2.21. The second-order valence-electron chi connectivity index (χ2n) is 4.37. The number of amides is 1. The van der Waals surface area contributed by atoms with Gasteiger partial charge in [-0.1, -0.05) is 0 Å². The summed E-state index contributed by atoms with van der Waals surface area (Å²) >= 11 is 0. The summed E-state index contributed by atoms with van der Waals surface area (Å²) < 4.78 is 0. The predicted octanol–water partition coefficient (Wildman–Crippen LogP) is 1.57. The number of anilines is 1. The first-order valence-corrected chi connectivity index (χ1v) is 6.05. The molecule has 0 radical (unpaired) electrons. The lowest BCUT2D eigenvalue weighted by Crippen LogP contribution is -2.26. The number of aromatic nitrogens is 2. The fourth-order valence-electron chi connectivity index (χ4n) is 1.90. The second kappa shape index (κ2) is 5.18. The molecule has 0 aliphatic carbocycles. The van der Waals surface area contributed by atoms with Crippen molar-refractivity contribution in [3.8, 4) is 0 Å². The molecule has 5 nitrogen and oxygen atoms in total. The topological polar surface area (TPSA) is 75.0 Å². The van der Waals surface area contributed by atoms with Gasteiger partial charge in [-0.05, 0) is 38.1 Å². The fourth-order valence-corrected chi connectivity index (χ4v) is 1.90. The summed E-state index contributed by atoms with van der Waals surface area (Å²) in [5.41, 5.74) is 8.14. The highest BCUT2D eigenvalue weighted by Gasteiger charge is 2.11. The summed E-state index contributed by atoms with van der Waals surface area (Å²) in [7, 11) is 1.78. The number of benzene rings is 1. The van der Waals surface area contributed by atoms with E-state index in [9.17, 15) is 4.79 Å². The highest BCUT2D eigenvalue weighted by Crippen LogP contribution is 2.20. The Bertz CT molecular complexity index is 561. The minimum Gasteiger partial charge on any atom is -0.342 e. The lowest BCUT2D eigenvalue weighted by molar-refractivity contribution is -0.118. The molecule has 0 saturated heterocycles. The van der Waals surface area contributed by atoms with E-state index in [1.54, 1.807) is 11.9 Å². The maximum absolute atomic E-state index is 11.9. The van der Waals surface area contributed by atoms with Crippen LogP contribution in [0, 0.1) is 6.92 Å². The van der Waals surface area contributed by atoms with Crippen molar-refractivity contribution in [2.45, 2.75) is 19.8 Å². The van der Waals surface area contributed by atoms with Crippen LogP contribution in [-0.4, -0.2) is 29.5 Å². The SMILES string of the molecule is Cc1nc2ccc(N(C)C(=O)CCCN)cc2[nH]1. The van der Waals surface area contributed by atoms with Crippen LogP contribution in [0.25, 0.3) is 11.0 Å². The van der Waals surface area contributed by atoms with Gasteiger partial charge in [-0.3, -0.25) is 4.79 Å². The summed E-state index contributed by atoms with van der Waals surface area (Å²) in [6.07, 6.45) is 1.20. The molecule has 1 aromatic heterocycles. The molecule has 1 amide bonds. The van der Waals surface area contributed by atoms with E-state index in [1.165, 1.54) is 0 Å². The van der Waals surface area contributed by atoms with Crippen LogP contribution in [0.2, 0.25) is 0 Å². The quantitative estimate of drug-likeness (QED) is 0.860. The Morgan fingerprint density at radius 3 is 3.00 bits per heavy atom. The molecule has 0 spiro atoms. The van der Waals surface area contributed by atoms with E-state index in [1.807, 2.05) is 25.1 Å². The van der Waals surface area contributed by atoms with E-state index in [4.69, 9.17) is 5.73 Å². The summed E-state index contributed by atoms with van der Waals surface area (Å²) in [6.45, 7) is 2.45. The molecule has 0 saturated carbocycles. The maximum Gasteiger partial charge on any atom is 0.226 e. The van der Waals surface area contributed by atoms with Crippen LogP contribution in [0.3, 0.4) is 0 Å². The van der Waals surface area contributed by atoms with Gasteiger partial charge in [-0.15, -0.1) is 0 Å². The van der Waals surface area contributed by atoms with Gasteiger partial charge < -0.3 is 15.6 Å². The number of nitrogens with two attached hydrogens (primary N) is 1. The van der Waals surface area contributed by atoms with Crippen LogP contribution in [0.4, 0.5) is 5.69 Å². The first-order chi connectivity index (χ1) is 8.61. The Kier molecular flexibility index (Phi) is 3.62. The smallest absolute Gasteiger partial charge is 0.226 e. The van der Waals surface area contributed by atoms with Crippen LogP contribution in [-0.2, 0) is 4.79 Å². The van der Waals surface area contributed by atoms with Gasteiger partial charge in [0.05, 0.1) is 11.0 Å². The van der Waals surface area contributed by atoms with E-state index in [-0.39, 0.29) is 5.91 Å². The third-order valence-corrected chi connectivity index (χ3v) is 2.94. The highest BCUT2D eigenvalue weighted by molar-refractivity contribution is 5.94. The molecule has 0 atom stereocenters. The molecule has 2 aromatic rings. The van der Waals surface area contributed by atoms with Crippen LogP contribution < -0.4 is 10.6 Å². The van der Waals surface area contributed by atoms with Gasteiger partial charge in [-0.25, -0.2) is 4.98 Å². The molecule has 2 rings (SSSR count). The zero-order valence-electron chi connectivity index (χ0n) is 10.7. The molecule has 96 valence electrons. The number of imidazole rings is 1. The van der Waals surface area contributed by atoms with Crippen LogP contribution in [0.15, 0.2) is 18.2 Å². The number of aromatic amines is 1. The van der Waals surface area contributed by atoms with Crippen molar-refractivity contribution in [3.05, 3.63) is 24.0 Å². The van der Waals surface area contributed by atoms with Crippen molar-refractivity contribution < 1.29 is 4.79 Å². The molecule has 1 aromatic carbocycles. The predicted molar refractivity (Wildman–Crippen MR) is 72.5 cm³/mol. The average Bonchev–Trinajstić information content (AvgIpc) is 2.73. The van der Waals surface area contributed by atoms with Gasteiger partial charge in [0.15, 0.2) is 0 Å². The molecule has 1 heterocycles. The Labute approximate surface area is 106 Å². The zero-order valence-corrected chi connectivity index (χ0v) is 10.7. The number of nitrogens with zero attached hydrogens (tertiary/aromatic N) is 2. The molecule has 0 unspecified atom stereocenters. The van der Waals surface area contributed by atoms with Gasteiger partial charge >= 0.3 is 0 Å². The zero-order chi connectivity index (χ0) is 13.1. The number of aryl methyl sites for hydroxylation is 1. The number of hydrogen-bond acceptors (Lipinski definition) is 3. The molecular formula is C13H18N4O. The minimum atomic E-state index is 0.0797. The maximum atomic E-state index is 11.9. The summed E-state index contributed by atoms with van der Waals surface area (Å²) in [5, 5.41) is 0. The van der Waals surface area contributed by atoms with Crippen LogP contribution in [0.1, 0.15) is 18.7 Å². The van der Waals surface area contributed by atoms with Crippen molar-refractivity contribution in [1.82, 2.24) is 9.97 Å². The number of hydrogen-bond donors (Lipinski definition) is 2. The molecule has 0 fully saturated rings. The molecular weight excluding hydrogens is 228 g/mol. The number of fused-ring (bicyclic) bond motifs is 1. The normalized spacial score (nSPS) is 10.8. The van der Waals surface area contributed by atoms with Crippen LogP contribution in [0.5, 0.6) is 0 Å². The van der Waals surface area contributed by atoms with Crippen molar-refractivity contribution in [3.63, 3.8) is 0 Å². The third-order valence-electron chi connectivity index (χ3n) is 2.94. The van der Waals surface area contributed by atoms with Gasteiger partial charge in [0.1, 0.15) is 5.82 Å². The van der Waals surface area contributed by atoms with Crippen molar-refractivity contribution in [1.29, 1.82) is 0 Å². The largest absolute Gasteiger partial charge is 0.342 e. The molecule has 0 aliphatic rings. The number of H-pyrrole nitrogens is 1. The fraction of sp³-hybridized carbons (Fsp3) is 0.385. The van der Waals surface area contributed by atoms with Crippen molar-refractivity contribution >= 4 is 22.6 Å². The Morgan fingerprint density at radius 1 is 1.50 bits per heavy atom. The first kappa shape index (κ1) is 12.6. The van der Waals surface area contributed by atoms with E-state index >= 15 is 0 Å². The molecule has 18 heavy (non-hydrogen) atoms. The first-order valence-electron chi connectivity index (χ1n) is 6.05. The second-order valence-corrected chi connectivity index (χ2v) is 4.37. The van der Waals surface area contributed by atoms with Gasteiger partial charge in [-0.2, -0.15) is 0 Å². The summed E-state index contributed by atoms with van der Waals surface area (Å²) in [5.74, 6) is 0.954. The van der Waals surface area contributed by atoms with E-state index in [0.29, 0.717) is 19.4 Å². The minimum absolute atomic E-state index is 0.0797. The van der Waals surface area contributed by atoms with Crippen molar-refractivity contribution in [2.24, 2.45) is 5.73 Å². The number of carbonyl (C=O) groups excluding carboxylic acids is 1. The molecule has 0 bridgehead atoms. The average molecular weight is 246 g/mol. The molecule has 0 aliphatic heterocycles. The summed E-state index contributed by atoms with van der Waals surface area (Å²) in [4.78, 5) is 21.0. The van der Waals surface area contributed by atoms with Gasteiger partial charge in [0.25, 0.3) is 0 Å². The van der Waals surface area contributed by atoms with Gasteiger partial charge in [0.2, 0.25) is 5.91 Å². The lowest BCUT2D eigenvalue weighted by Gasteiger charge is -2.17. The van der Waals surface area contributed by atoms with Gasteiger partial charge in [0, 0.05) is 19.2 Å². The van der Waals surface area contributed by atoms with E-state index in [0.717, 1.165) is 22.5 Å². The van der Waals surface area contributed by atoms with E-state index in [2.05, 4.69) is 9.97 Å². The highest BCUT2D eigenvalue weighted by atomic mass is 16.2. The van der Waals surface area contributed by atoms with E-state index < -0.39 is 0 Å². The van der Waals surface area contributed by atoms with Crippen molar-refractivity contribution in [2.75, 3.05) is 18.5 Å². The lowest BCUT2D eigenvalue weighted by atomic mass is 10.2. The number of carbonyl (C=O) groups is 1. The number of nitrogens with one attached hydrogen (secondary N) is 1. The molecule has 5 heteroatoms. The monoisotopic (exact) mass is 246 g/mol. The van der Waals surface area contributed by atoms with Crippen LogP contribution >= 0.6 is 0 Å². The Morgan fingerprint density at radius 2 is 2.28 bits per heavy atom. The Hall–Kier alpha value is -1.88.